The summed E-state index contributed by atoms with van der Waals surface area (Å²) in [5.74, 6) is 1.21. The first-order chi connectivity index (χ1) is 8.44. The van der Waals surface area contributed by atoms with Crippen molar-refractivity contribution < 1.29 is 0 Å². The predicted molar refractivity (Wildman–Crippen MR) is 85.6 cm³/mol. The van der Waals surface area contributed by atoms with Crippen molar-refractivity contribution in [1.82, 2.24) is 16.0 Å². The summed E-state index contributed by atoms with van der Waals surface area (Å²) in [5, 5.41) is 12.2. The summed E-state index contributed by atoms with van der Waals surface area (Å²) in [7, 11) is 1.03. The maximum absolute atomic E-state index is 3.60. The lowest BCUT2D eigenvalue weighted by Gasteiger charge is -2.26. The van der Waals surface area contributed by atoms with Gasteiger partial charge in [0, 0.05) is 23.4 Å². The van der Waals surface area contributed by atoms with E-state index >= 15 is 0 Å². The SMILES string of the molecule is CCC(C)NC([SiH3])=C(NC(C)CC)NC(C)CC. The van der Waals surface area contributed by atoms with E-state index in [9.17, 15) is 0 Å². The Hall–Kier alpha value is -0.643. The third-order valence-corrected chi connectivity index (χ3v) is 4.25. The summed E-state index contributed by atoms with van der Waals surface area (Å²) in [6.45, 7) is 13.4. The molecule has 0 fully saturated rings. The Bertz CT molecular complexity index is 239. The first-order valence-electron chi connectivity index (χ1n) is 7.44. The maximum atomic E-state index is 3.60. The van der Waals surface area contributed by atoms with Gasteiger partial charge in [-0.25, -0.2) is 0 Å². The average Bonchev–Trinajstić information content (AvgIpc) is 2.36. The maximum Gasteiger partial charge on any atom is 0.113 e. The predicted octanol–water partition coefficient (Wildman–Crippen LogP) is 1.64. The van der Waals surface area contributed by atoms with Crippen LogP contribution in [0.3, 0.4) is 0 Å². The Labute approximate surface area is 117 Å². The first-order valence-corrected chi connectivity index (χ1v) is 8.44. The van der Waals surface area contributed by atoms with Crippen molar-refractivity contribution in [1.29, 1.82) is 0 Å². The van der Waals surface area contributed by atoms with Crippen LogP contribution in [0, 0.1) is 0 Å². The molecular formula is C14H33N3Si. The molecule has 3 nitrogen and oxygen atoms in total. The van der Waals surface area contributed by atoms with Crippen LogP contribution in [0.2, 0.25) is 0 Å². The second kappa shape index (κ2) is 9.31. The molecule has 3 N–H and O–H groups in total. The molecule has 0 rings (SSSR count). The van der Waals surface area contributed by atoms with Crippen molar-refractivity contribution >= 4 is 10.2 Å². The molecule has 0 aromatic carbocycles. The highest BCUT2D eigenvalue weighted by molar-refractivity contribution is 6.21. The molecule has 3 unspecified atom stereocenters. The summed E-state index contributed by atoms with van der Waals surface area (Å²) in [6.07, 6.45) is 3.44. The molecule has 18 heavy (non-hydrogen) atoms. The molecule has 0 aliphatic rings. The molecule has 0 heterocycles. The van der Waals surface area contributed by atoms with Gasteiger partial charge in [-0.15, -0.1) is 0 Å². The van der Waals surface area contributed by atoms with Crippen LogP contribution in [-0.4, -0.2) is 28.4 Å². The lowest BCUT2D eigenvalue weighted by molar-refractivity contribution is 0.497. The normalized spacial score (nSPS) is 15.7. The van der Waals surface area contributed by atoms with Crippen molar-refractivity contribution in [3.63, 3.8) is 0 Å². The first kappa shape index (κ1) is 17.4. The molecule has 0 spiro atoms. The molecule has 108 valence electrons. The van der Waals surface area contributed by atoms with E-state index in [2.05, 4.69) is 57.5 Å². The van der Waals surface area contributed by atoms with Gasteiger partial charge in [-0.05, 0) is 40.0 Å². The van der Waals surface area contributed by atoms with E-state index in [0.29, 0.717) is 18.1 Å². The van der Waals surface area contributed by atoms with E-state index in [4.69, 9.17) is 0 Å². The lowest BCUT2D eigenvalue weighted by Crippen LogP contribution is -2.41. The molecule has 0 aromatic rings. The summed E-state index contributed by atoms with van der Waals surface area (Å²) < 4.78 is 0. The third kappa shape index (κ3) is 6.94. The van der Waals surface area contributed by atoms with Crippen molar-refractivity contribution in [2.75, 3.05) is 0 Å². The number of nitrogens with one attached hydrogen (secondary N) is 3. The van der Waals surface area contributed by atoms with Crippen LogP contribution in [-0.2, 0) is 0 Å². The largest absolute Gasteiger partial charge is 0.387 e. The van der Waals surface area contributed by atoms with Crippen LogP contribution >= 0.6 is 0 Å². The zero-order valence-electron chi connectivity index (χ0n) is 13.4. The molecule has 0 aliphatic carbocycles. The summed E-state index contributed by atoms with van der Waals surface area (Å²) in [5.41, 5.74) is 0. The van der Waals surface area contributed by atoms with Gasteiger partial charge in [0.15, 0.2) is 0 Å². The van der Waals surface area contributed by atoms with Crippen LogP contribution < -0.4 is 16.0 Å². The average molecular weight is 272 g/mol. The zero-order valence-corrected chi connectivity index (χ0v) is 15.4. The van der Waals surface area contributed by atoms with Gasteiger partial charge in [0.05, 0.1) is 10.2 Å². The van der Waals surface area contributed by atoms with Crippen LogP contribution in [0.25, 0.3) is 0 Å². The number of rotatable bonds is 9. The van der Waals surface area contributed by atoms with Gasteiger partial charge in [0.25, 0.3) is 0 Å². The van der Waals surface area contributed by atoms with Crippen LogP contribution in [0.1, 0.15) is 60.8 Å². The van der Waals surface area contributed by atoms with E-state index in [1.54, 1.807) is 0 Å². The molecule has 0 saturated carbocycles. The Kier molecular flexibility index (Phi) is 8.98. The van der Waals surface area contributed by atoms with E-state index < -0.39 is 0 Å². The van der Waals surface area contributed by atoms with Gasteiger partial charge in [-0.1, -0.05) is 20.8 Å². The number of hydrogen-bond donors (Lipinski definition) is 3. The van der Waals surface area contributed by atoms with E-state index in [1.807, 2.05) is 0 Å². The highest BCUT2D eigenvalue weighted by Crippen LogP contribution is 2.02. The molecule has 0 amide bonds. The van der Waals surface area contributed by atoms with Crippen molar-refractivity contribution in [3.8, 4) is 0 Å². The topological polar surface area (TPSA) is 36.1 Å². The highest BCUT2D eigenvalue weighted by Gasteiger charge is 2.09. The van der Waals surface area contributed by atoms with Crippen LogP contribution in [0.5, 0.6) is 0 Å². The second-order valence-corrected chi connectivity index (χ2v) is 6.36. The van der Waals surface area contributed by atoms with E-state index in [1.165, 1.54) is 11.1 Å². The quantitative estimate of drug-likeness (QED) is 0.558. The Morgan fingerprint density at radius 2 is 1.11 bits per heavy atom. The molecule has 3 atom stereocenters. The Morgan fingerprint density at radius 1 is 0.778 bits per heavy atom. The van der Waals surface area contributed by atoms with Gasteiger partial charge >= 0.3 is 0 Å². The third-order valence-electron chi connectivity index (χ3n) is 3.46. The molecule has 4 heteroatoms. The van der Waals surface area contributed by atoms with Crippen LogP contribution in [0.15, 0.2) is 11.1 Å². The molecule has 0 aromatic heterocycles. The minimum Gasteiger partial charge on any atom is -0.387 e. The molecule has 0 aliphatic heterocycles. The Balaban J connectivity index is 4.74. The lowest BCUT2D eigenvalue weighted by atomic mass is 10.2. The highest BCUT2D eigenvalue weighted by atomic mass is 28.1. The summed E-state index contributed by atoms with van der Waals surface area (Å²) in [4.78, 5) is 0. The molecule has 0 saturated heterocycles. The monoisotopic (exact) mass is 271 g/mol. The van der Waals surface area contributed by atoms with Gasteiger partial charge in [-0.3, -0.25) is 0 Å². The molecule has 0 bridgehead atoms. The van der Waals surface area contributed by atoms with Gasteiger partial charge in [-0.2, -0.15) is 0 Å². The zero-order chi connectivity index (χ0) is 14.1. The molecule has 0 radical (unpaired) electrons. The van der Waals surface area contributed by atoms with Crippen molar-refractivity contribution in [2.45, 2.75) is 78.9 Å². The fraction of sp³-hybridized carbons (Fsp3) is 0.857. The van der Waals surface area contributed by atoms with Gasteiger partial charge < -0.3 is 16.0 Å². The van der Waals surface area contributed by atoms with E-state index in [-0.39, 0.29) is 0 Å². The minimum atomic E-state index is 0.513. The standard InChI is InChI=1S/C14H33N3Si/c1-7-10(4)15-13(16-11(5)8-2)14(18)17-12(6)9-3/h10-12,15-17H,7-9H2,1-6,18H3. The summed E-state index contributed by atoms with van der Waals surface area (Å²) in [6, 6.07) is 1.57. The van der Waals surface area contributed by atoms with E-state index in [0.717, 1.165) is 29.5 Å². The summed E-state index contributed by atoms with van der Waals surface area (Å²) >= 11 is 0. The van der Waals surface area contributed by atoms with Crippen molar-refractivity contribution in [2.24, 2.45) is 0 Å². The number of hydrogen-bond acceptors (Lipinski definition) is 3. The fourth-order valence-electron chi connectivity index (χ4n) is 1.50. The van der Waals surface area contributed by atoms with Crippen molar-refractivity contribution in [3.05, 3.63) is 11.1 Å². The minimum absolute atomic E-state index is 0.513. The fourth-order valence-corrected chi connectivity index (χ4v) is 2.28. The second-order valence-electron chi connectivity index (χ2n) is 5.36. The Morgan fingerprint density at radius 3 is 1.44 bits per heavy atom. The molecular weight excluding hydrogens is 238 g/mol. The smallest absolute Gasteiger partial charge is 0.113 e. The van der Waals surface area contributed by atoms with Gasteiger partial charge in [0.2, 0.25) is 0 Å². The van der Waals surface area contributed by atoms with Gasteiger partial charge in [0.1, 0.15) is 5.82 Å². The van der Waals surface area contributed by atoms with Crippen LogP contribution in [0.4, 0.5) is 0 Å².